The van der Waals surface area contributed by atoms with E-state index in [0.29, 0.717) is 16.8 Å². The highest BCUT2D eigenvalue weighted by molar-refractivity contribution is 7.13. The summed E-state index contributed by atoms with van der Waals surface area (Å²) < 4.78 is 0. The van der Waals surface area contributed by atoms with E-state index in [1.807, 2.05) is 57.3 Å². The molecule has 0 saturated carbocycles. The first-order valence-corrected chi connectivity index (χ1v) is 9.18. The second-order valence-electron chi connectivity index (χ2n) is 6.22. The molecular weight excluding hydrogens is 346 g/mol. The van der Waals surface area contributed by atoms with E-state index in [0.717, 1.165) is 28.2 Å². The first kappa shape index (κ1) is 18.0. The minimum absolute atomic E-state index is 0.0850. The Labute approximate surface area is 156 Å². The minimum atomic E-state index is -0.0850. The van der Waals surface area contributed by atoms with Gasteiger partial charge in [-0.3, -0.25) is 4.79 Å². The molecule has 2 heterocycles. The van der Waals surface area contributed by atoms with E-state index >= 15 is 0 Å². The number of nitrogens with zero attached hydrogens (tertiary/aromatic N) is 3. The standard InChI is InChI=1S/C19H21N5OS/c1-11-6-5-7-16(14(11)4)23-17(25)9-15-10-26-19(22-15)24-18-20-12(2)8-13(3)21-18/h5-8,10H,9H2,1-4H3,(H,23,25)(H,20,21,22,24). The summed E-state index contributed by atoms with van der Waals surface area (Å²) in [5, 5.41) is 8.59. The van der Waals surface area contributed by atoms with Gasteiger partial charge in [0.2, 0.25) is 11.9 Å². The molecule has 7 heteroatoms. The van der Waals surface area contributed by atoms with Gasteiger partial charge in [-0.05, 0) is 51.0 Å². The van der Waals surface area contributed by atoms with Crippen molar-refractivity contribution >= 4 is 34.0 Å². The molecule has 0 atom stereocenters. The maximum Gasteiger partial charge on any atom is 0.230 e. The Morgan fingerprint density at radius 1 is 1.08 bits per heavy atom. The lowest BCUT2D eigenvalue weighted by atomic mass is 10.1. The van der Waals surface area contributed by atoms with Crippen molar-refractivity contribution in [3.63, 3.8) is 0 Å². The van der Waals surface area contributed by atoms with Gasteiger partial charge in [0.15, 0.2) is 5.13 Å². The second-order valence-corrected chi connectivity index (χ2v) is 7.07. The molecule has 0 radical (unpaired) electrons. The lowest BCUT2D eigenvalue weighted by molar-refractivity contribution is -0.115. The van der Waals surface area contributed by atoms with Crippen LogP contribution in [-0.2, 0) is 11.2 Å². The van der Waals surface area contributed by atoms with Crippen LogP contribution in [0.1, 0.15) is 28.2 Å². The monoisotopic (exact) mass is 367 g/mol. The molecule has 6 nitrogen and oxygen atoms in total. The molecule has 0 aliphatic carbocycles. The lowest BCUT2D eigenvalue weighted by Gasteiger charge is -2.09. The summed E-state index contributed by atoms with van der Waals surface area (Å²) in [4.78, 5) is 25.4. The van der Waals surface area contributed by atoms with Gasteiger partial charge in [0.1, 0.15) is 0 Å². The molecule has 1 aromatic carbocycles. The molecule has 2 N–H and O–H groups in total. The van der Waals surface area contributed by atoms with Crippen molar-refractivity contribution in [2.24, 2.45) is 0 Å². The molecule has 26 heavy (non-hydrogen) atoms. The molecule has 3 aromatic rings. The molecule has 0 aliphatic rings. The molecule has 0 spiro atoms. The van der Waals surface area contributed by atoms with E-state index in [-0.39, 0.29) is 12.3 Å². The Morgan fingerprint density at radius 2 is 1.81 bits per heavy atom. The number of benzene rings is 1. The van der Waals surface area contributed by atoms with E-state index in [1.54, 1.807) is 0 Å². The topological polar surface area (TPSA) is 79.8 Å². The SMILES string of the molecule is Cc1cc(C)nc(Nc2nc(CC(=O)Nc3cccc(C)c3C)cs2)n1. The number of rotatable bonds is 5. The summed E-state index contributed by atoms with van der Waals surface area (Å²) in [7, 11) is 0. The number of thiazole rings is 1. The van der Waals surface area contributed by atoms with E-state index < -0.39 is 0 Å². The largest absolute Gasteiger partial charge is 0.325 e. The Balaban J connectivity index is 1.64. The zero-order valence-electron chi connectivity index (χ0n) is 15.3. The Hall–Kier alpha value is -2.80. The third kappa shape index (κ3) is 4.43. The molecule has 1 amide bonds. The van der Waals surface area contributed by atoms with E-state index in [2.05, 4.69) is 25.6 Å². The van der Waals surface area contributed by atoms with Gasteiger partial charge in [0.05, 0.1) is 12.1 Å². The van der Waals surface area contributed by atoms with Crippen LogP contribution < -0.4 is 10.6 Å². The van der Waals surface area contributed by atoms with Crippen molar-refractivity contribution in [2.45, 2.75) is 34.1 Å². The summed E-state index contributed by atoms with van der Waals surface area (Å²) in [6.45, 7) is 7.87. The van der Waals surface area contributed by atoms with Gasteiger partial charge in [-0.25, -0.2) is 15.0 Å². The van der Waals surface area contributed by atoms with Crippen LogP contribution in [-0.4, -0.2) is 20.9 Å². The smallest absolute Gasteiger partial charge is 0.230 e. The molecule has 0 bridgehead atoms. The molecule has 0 aliphatic heterocycles. The number of hydrogen-bond donors (Lipinski definition) is 2. The third-order valence-corrected chi connectivity index (χ3v) is 4.78. The lowest BCUT2D eigenvalue weighted by Crippen LogP contribution is -2.15. The van der Waals surface area contributed by atoms with Gasteiger partial charge in [0.25, 0.3) is 0 Å². The third-order valence-electron chi connectivity index (χ3n) is 3.97. The number of carbonyl (C=O) groups is 1. The average molecular weight is 367 g/mol. The van der Waals surface area contributed by atoms with Crippen LogP contribution in [0, 0.1) is 27.7 Å². The van der Waals surface area contributed by atoms with Crippen molar-refractivity contribution in [3.8, 4) is 0 Å². The van der Waals surface area contributed by atoms with Crippen LogP contribution in [0.5, 0.6) is 0 Å². The Morgan fingerprint density at radius 3 is 2.54 bits per heavy atom. The summed E-state index contributed by atoms with van der Waals surface area (Å²) >= 11 is 1.43. The van der Waals surface area contributed by atoms with E-state index in [4.69, 9.17) is 0 Å². The maximum atomic E-state index is 12.3. The predicted octanol–water partition coefficient (Wildman–Crippen LogP) is 4.09. The molecule has 3 rings (SSSR count). The summed E-state index contributed by atoms with van der Waals surface area (Å²) in [6, 6.07) is 7.78. The zero-order chi connectivity index (χ0) is 18.7. The minimum Gasteiger partial charge on any atom is -0.325 e. The van der Waals surface area contributed by atoms with Crippen LogP contribution in [0.3, 0.4) is 0 Å². The van der Waals surface area contributed by atoms with Gasteiger partial charge >= 0.3 is 0 Å². The van der Waals surface area contributed by atoms with Crippen LogP contribution in [0.25, 0.3) is 0 Å². The van der Waals surface area contributed by atoms with Crippen LogP contribution in [0.4, 0.5) is 16.8 Å². The number of aromatic nitrogens is 3. The number of amides is 1. The normalized spacial score (nSPS) is 10.6. The molecule has 134 valence electrons. The number of nitrogens with one attached hydrogen (secondary N) is 2. The van der Waals surface area contributed by atoms with Gasteiger partial charge in [-0.2, -0.15) is 0 Å². The fraction of sp³-hybridized carbons (Fsp3) is 0.263. The summed E-state index contributed by atoms with van der Waals surface area (Å²) in [6.07, 6.45) is 0.221. The summed E-state index contributed by atoms with van der Waals surface area (Å²) in [5.74, 6) is 0.432. The molecular formula is C19H21N5OS. The maximum absolute atomic E-state index is 12.3. The fourth-order valence-corrected chi connectivity index (χ4v) is 3.27. The van der Waals surface area contributed by atoms with Crippen molar-refractivity contribution < 1.29 is 4.79 Å². The molecule has 0 fully saturated rings. The van der Waals surface area contributed by atoms with Crippen molar-refractivity contribution in [1.29, 1.82) is 0 Å². The molecule has 0 saturated heterocycles. The van der Waals surface area contributed by atoms with Gasteiger partial charge < -0.3 is 10.6 Å². The number of hydrogen-bond acceptors (Lipinski definition) is 6. The first-order chi connectivity index (χ1) is 12.4. The number of anilines is 3. The van der Waals surface area contributed by atoms with Gasteiger partial charge in [-0.15, -0.1) is 11.3 Å². The van der Waals surface area contributed by atoms with Crippen LogP contribution in [0.2, 0.25) is 0 Å². The molecule has 2 aromatic heterocycles. The van der Waals surface area contributed by atoms with Crippen LogP contribution in [0.15, 0.2) is 29.6 Å². The average Bonchev–Trinajstić information content (AvgIpc) is 2.97. The predicted molar refractivity (Wildman–Crippen MR) is 105 cm³/mol. The van der Waals surface area contributed by atoms with Crippen molar-refractivity contribution in [3.05, 3.63) is 57.9 Å². The van der Waals surface area contributed by atoms with Gasteiger partial charge in [-0.1, -0.05) is 12.1 Å². The van der Waals surface area contributed by atoms with Crippen LogP contribution >= 0.6 is 11.3 Å². The highest BCUT2D eigenvalue weighted by atomic mass is 32.1. The van der Waals surface area contributed by atoms with Crippen molar-refractivity contribution in [2.75, 3.05) is 10.6 Å². The fourth-order valence-electron chi connectivity index (χ4n) is 2.57. The zero-order valence-corrected chi connectivity index (χ0v) is 16.1. The first-order valence-electron chi connectivity index (χ1n) is 8.30. The summed E-state index contributed by atoms with van der Waals surface area (Å²) in [5.41, 5.74) is 5.57. The quantitative estimate of drug-likeness (QED) is 0.710. The number of aryl methyl sites for hydroxylation is 3. The highest BCUT2D eigenvalue weighted by Crippen LogP contribution is 2.21. The highest BCUT2D eigenvalue weighted by Gasteiger charge is 2.11. The van der Waals surface area contributed by atoms with E-state index in [1.165, 1.54) is 11.3 Å². The Bertz CT molecular complexity index is 931. The second kappa shape index (κ2) is 7.61. The van der Waals surface area contributed by atoms with Crippen molar-refractivity contribution in [1.82, 2.24) is 15.0 Å². The molecule has 0 unspecified atom stereocenters. The van der Waals surface area contributed by atoms with E-state index in [9.17, 15) is 4.79 Å². The van der Waals surface area contributed by atoms with Gasteiger partial charge in [0, 0.05) is 22.5 Å². The Kier molecular flexibility index (Phi) is 5.27. The number of carbonyl (C=O) groups excluding carboxylic acids is 1.